The molecule has 14 heavy (non-hydrogen) atoms. The van der Waals surface area contributed by atoms with Gasteiger partial charge in [0.05, 0.1) is 6.54 Å². The van der Waals surface area contributed by atoms with E-state index >= 15 is 0 Å². The van der Waals surface area contributed by atoms with Gasteiger partial charge in [0, 0.05) is 6.54 Å². The summed E-state index contributed by atoms with van der Waals surface area (Å²) in [4.78, 5) is 4.31. The van der Waals surface area contributed by atoms with Crippen LogP contribution in [0.25, 0.3) is 0 Å². The molecule has 0 atom stereocenters. The lowest BCUT2D eigenvalue weighted by Crippen LogP contribution is -2.36. The molecule has 0 aromatic heterocycles. The molecule has 0 aliphatic rings. The minimum absolute atomic E-state index is 0.688. The van der Waals surface area contributed by atoms with E-state index in [4.69, 9.17) is 5.84 Å². The molecular weight excluding hydrogens is 174 g/mol. The molecule has 0 spiro atoms. The fraction of sp³-hybridized carbons (Fsp3) is 0.545. The van der Waals surface area contributed by atoms with Crippen LogP contribution >= 0.6 is 0 Å². The molecule has 0 rings (SSSR count). The van der Waals surface area contributed by atoms with E-state index in [1.165, 1.54) is 0 Å². The molecule has 3 nitrogen and oxygen atoms in total. The van der Waals surface area contributed by atoms with Gasteiger partial charge >= 0.3 is 0 Å². The zero-order valence-electron chi connectivity index (χ0n) is 9.40. The zero-order chi connectivity index (χ0) is 10.8. The fourth-order valence-corrected chi connectivity index (χ4v) is 0.929. The van der Waals surface area contributed by atoms with Crippen molar-refractivity contribution in [3.63, 3.8) is 0 Å². The predicted octanol–water partition coefficient (Wildman–Crippen LogP) is 2.12. The highest BCUT2D eigenvalue weighted by molar-refractivity contribution is 5.79. The molecule has 0 radical (unpaired) electrons. The van der Waals surface area contributed by atoms with Crippen molar-refractivity contribution >= 4 is 5.84 Å². The van der Waals surface area contributed by atoms with Crippen molar-refractivity contribution in [1.29, 1.82) is 0 Å². The molecule has 0 bridgehead atoms. The number of aliphatic imine (C=N–C) groups is 1. The van der Waals surface area contributed by atoms with Gasteiger partial charge < -0.3 is 0 Å². The van der Waals surface area contributed by atoms with E-state index in [-0.39, 0.29) is 0 Å². The second-order valence-electron chi connectivity index (χ2n) is 3.04. The van der Waals surface area contributed by atoms with Gasteiger partial charge in [-0.2, -0.15) is 0 Å². The van der Waals surface area contributed by atoms with Crippen LogP contribution in [0, 0.1) is 0 Å². The molecular formula is C11H21N3. The van der Waals surface area contributed by atoms with E-state index in [0.717, 1.165) is 18.8 Å². The van der Waals surface area contributed by atoms with Gasteiger partial charge in [0.1, 0.15) is 5.84 Å². The molecule has 0 unspecified atom stereocenters. The molecule has 0 fully saturated rings. The highest BCUT2D eigenvalue weighted by atomic mass is 15.4. The van der Waals surface area contributed by atoms with Crippen LogP contribution in [-0.2, 0) is 0 Å². The highest BCUT2D eigenvalue weighted by Gasteiger charge is 1.96. The largest absolute Gasteiger partial charge is 0.299 e. The molecule has 0 heterocycles. The summed E-state index contributed by atoms with van der Waals surface area (Å²) in [5.74, 6) is 6.62. The number of nitrogens with zero attached hydrogens (tertiary/aromatic N) is 2. The molecule has 0 aromatic rings. The van der Waals surface area contributed by atoms with Gasteiger partial charge in [0.15, 0.2) is 0 Å². The van der Waals surface area contributed by atoms with Gasteiger partial charge in [0.25, 0.3) is 0 Å². The number of hydrogen-bond donors (Lipinski definition) is 1. The maximum absolute atomic E-state index is 5.73. The predicted molar refractivity (Wildman–Crippen MR) is 63.1 cm³/mol. The lowest BCUT2D eigenvalue weighted by molar-refractivity contribution is 0.434. The Morgan fingerprint density at radius 3 is 2.71 bits per heavy atom. The van der Waals surface area contributed by atoms with E-state index in [2.05, 4.69) is 11.9 Å². The van der Waals surface area contributed by atoms with Crippen LogP contribution < -0.4 is 5.84 Å². The molecule has 0 aliphatic carbocycles. The van der Waals surface area contributed by atoms with E-state index in [0.29, 0.717) is 6.54 Å². The van der Waals surface area contributed by atoms with Crippen LogP contribution in [0.4, 0.5) is 0 Å². The average Bonchev–Trinajstić information content (AvgIpc) is 2.17. The Bertz CT molecular complexity index is 217. The lowest BCUT2D eigenvalue weighted by atomic mass is 10.4. The van der Waals surface area contributed by atoms with Crippen molar-refractivity contribution < 1.29 is 0 Å². The highest BCUT2D eigenvalue weighted by Crippen LogP contribution is 1.88. The summed E-state index contributed by atoms with van der Waals surface area (Å²) in [5, 5.41) is 1.68. The Morgan fingerprint density at radius 1 is 1.43 bits per heavy atom. The smallest absolute Gasteiger partial charge is 0.110 e. The van der Waals surface area contributed by atoms with E-state index in [1.807, 2.05) is 38.2 Å². The van der Waals surface area contributed by atoms with E-state index < -0.39 is 0 Å². The van der Waals surface area contributed by atoms with Crippen LogP contribution in [0.1, 0.15) is 27.2 Å². The third-order valence-corrected chi connectivity index (χ3v) is 1.75. The SMILES string of the molecule is C/C=C\C=C/CN=C(C)N(N)CCC. The van der Waals surface area contributed by atoms with Crippen molar-refractivity contribution in [2.24, 2.45) is 10.8 Å². The summed E-state index contributed by atoms with van der Waals surface area (Å²) in [7, 11) is 0. The van der Waals surface area contributed by atoms with Gasteiger partial charge in [-0.3, -0.25) is 10.0 Å². The lowest BCUT2D eigenvalue weighted by Gasteiger charge is -2.16. The van der Waals surface area contributed by atoms with Crippen LogP contribution in [0.5, 0.6) is 0 Å². The Balaban J connectivity index is 3.86. The van der Waals surface area contributed by atoms with E-state index in [1.54, 1.807) is 5.01 Å². The standard InChI is InChI=1S/C11H21N3/c1-4-6-7-8-9-13-11(3)14(12)10-5-2/h4,6-8H,5,9-10,12H2,1-3H3/b6-4-,8-7-,13-11?. The van der Waals surface area contributed by atoms with Crippen LogP contribution in [0.3, 0.4) is 0 Å². The van der Waals surface area contributed by atoms with Crippen molar-refractivity contribution in [3.8, 4) is 0 Å². The molecule has 0 saturated carbocycles. The normalized spacial score (nSPS) is 13.0. The monoisotopic (exact) mass is 195 g/mol. The first-order chi connectivity index (χ1) is 6.72. The number of hydrazine groups is 1. The quantitative estimate of drug-likeness (QED) is 0.240. The van der Waals surface area contributed by atoms with E-state index in [9.17, 15) is 0 Å². The maximum Gasteiger partial charge on any atom is 0.110 e. The first-order valence-electron chi connectivity index (χ1n) is 5.03. The van der Waals surface area contributed by atoms with Crippen molar-refractivity contribution in [2.75, 3.05) is 13.1 Å². The Morgan fingerprint density at radius 2 is 2.14 bits per heavy atom. The topological polar surface area (TPSA) is 41.6 Å². The van der Waals surface area contributed by atoms with Crippen LogP contribution in [0.15, 0.2) is 29.3 Å². The molecule has 80 valence electrons. The molecule has 0 aliphatic heterocycles. The summed E-state index contributed by atoms with van der Waals surface area (Å²) in [6, 6.07) is 0. The minimum Gasteiger partial charge on any atom is -0.299 e. The second-order valence-corrected chi connectivity index (χ2v) is 3.04. The van der Waals surface area contributed by atoms with Gasteiger partial charge in [-0.25, -0.2) is 5.84 Å². The Kier molecular flexibility index (Phi) is 7.84. The molecule has 3 heteroatoms. The Labute approximate surface area is 87.0 Å². The van der Waals surface area contributed by atoms with Crippen molar-refractivity contribution in [1.82, 2.24) is 5.01 Å². The first kappa shape index (κ1) is 12.9. The van der Waals surface area contributed by atoms with Crippen molar-refractivity contribution in [3.05, 3.63) is 24.3 Å². The Hall–Kier alpha value is -1.09. The average molecular weight is 195 g/mol. The number of hydrogen-bond acceptors (Lipinski definition) is 2. The van der Waals surface area contributed by atoms with Crippen LogP contribution in [-0.4, -0.2) is 23.9 Å². The second kappa shape index (κ2) is 8.51. The summed E-state index contributed by atoms with van der Waals surface area (Å²) in [6.45, 7) is 7.56. The molecule has 0 saturated heterocycles. The van der Waals surface area contributed by atoms with Crippen molar-refractivity contribution in [2.45, 2.75) is 27.2 Å². The minimum atomic E-state index is 0.688. The molecule has 0 amide bonds. The third-order valence-electron chi connectivity index (χ3n) is 1.75. The molecule has 0 aromatic carbocycles. The van der Waals surface area contributed by atoms with Gasteiger partial charge in [-0.15, -0.1) is 0 Å². The van der Waals surface area contributed by atoms with Crippen LogP contribution in [0.2, 0.25) is 0 Å². The number of allylic oxidation sites excluding steroid dienone is 3. The zero-order valence-corrected chi connectivity index (χ0v) is 9.40. The fourth-order valence-electron chi connectivity index (χ4n) is 0.929. The summed E-state index contributed by atoms with van der Waals surface area (Å²) < 4.78 is 0. The number of amidine groups is 1. The first-order valence-corrected chi connectivity index (χ1v) is 5.03. The summed E-state index contributed by atoms with van der Waals surface area (Å²) in [5.41, 5.74) is 0. The van der Waals surface area contributed by atoms with Gasteiger partial charge in [0.2, 0.25) is 0 Å². The van der Waals surface area contributed by atoms with Gasteiger partial charge in [-0.05, 0) is 20.3 Å². The number of nitrogens with two attached hydrogens (primary N) is 1. The van der Waals surface area contributed by atoms with Gasteiger partial charge in [-0.1, -0.05) is 31.2 Å². The summed E-state index contributed by atoms with van der Waals surface area (Å²) in [6.07, 6.45) is 9.00. The third kappa shape index (κ3) is 6.43. The molecule has 2 N–H and O–H groups in total. The summed E-state index contributed by atoms with van der Waals surface area (Å²) >= 11 is 0. The number of rotatable bonds is 5. The maximum atomic E-state index is 5.73.